The Balaban J connectivity index is 2.11. The highest BCUT2D eigenvalue weighted by atomic mass is 16.3. The standard InChI is InChI=1S/C13H14N2O/c1-10(16)11-7-8-13(14-9-11)15-12-5-3-2-4-6-12/h2-10,16H,1H3,(H,14,15)/t10-/m1/s1. The summed E-state index contributed by atoms with van der Waals surface area (Å²) in [6, 6.07) is 13.6. The molecule has 0 spiro atoms. The number of aromatic nitrogens is 1. The van der Waals surface area contributed by atoms with Crippen molar-refractivity contribution in [2.24, 2.45) is 0 Å². The number of hydrogen-bond acceptors (Lipinski definition) is 3. The molecule has 0 radical (unpaired) electrons. The lowest BCUT2D eigenvalue weighted by molar-refractivity contribution is 0.199. The van der Waals surface area contributed by atoms with Gasteiger partial charge in [-0.2, -0.15) is 0 Å². The van der Waals surface area contributed by atoms with E-state index >= 15 is 0 Å². The maximum atomic E-state index is 9.34. The number of nitrogens with one attached hydrogen (secondary N) is 1. The predicted octanol–water partition coefficient (Wildman–Crippen LogP) is 2.88. The predicted molar refractivity (Wildman–Crippen MR) is 64.6 cm³/mol. The number of anilines is 2. The van der Waals surface area contributed by atoms with Gasteiger partial charge in [-0.1, -0.05) is 24.3 Å². The maximum Gasteiger partial charge on any atom is 0.130 e. The Bertz CT molecular complexity index is 437. The summed E-state index contributed by atoms with van der Waals surface area (Å²) >= 11 is 0. The molecule has 1 atom stereocenters. The Labute approximate surface area is 94.8 Å². The summed E-state index contributed by atoms with van der Waals surface area (Å²) in [4.78, 5) is 4.22. The van der Waals surface area contributed by atoms with Crippen molar-refractivity contribution in [1.29, 1.82) is 0 Å². The normalized spacial score (nSPS) is 12.1. The van der Waals surface area contributed by atoms with Gasteiger partial charge in [-0.05, 0) is 30.7 Å². The molecule has 0 unspecified atom stereocenters. The summed E-state index contributed by atoms with van der Waals surface area (Å²) in [6.45, 7) is 1.72. The van der Waals surface area contributed by atoms with Crippen LogP contribution in [0.5, 0.6) is 0 Å². The quantitative estimate of drug-likeness (QED) is 0.825. The molecule has 3 nitrogen and oxygen atoms in total. The van der Waals surface area contributed by atoms with Gasteiger partial charge in [0.1, 0.15) is 5.82 Å². The smallest absolute Gasteiger partial charge is 0.130 e. The van der Waals surface area contributed by atoms with Gasteiger partial charge < -0.3 is 10.4 Å². The van der Waals surface area contributed by atoms with Crippen LogP contribution in [0.3, 0.4) is 0 Å². The van der Waals surface area contributed by atoms with E-state index in [4.69, 9.17) is 0 Å². The molecule has 82 valence electrons. The number of para-hydroxylation sites is 1. The second kappa shape index (κ2) is 4.77. The summed E-state index contributed by atoms with van der Waals surface area (Å²) < 4.78 is 0. The van der Waals surface area contributed by atoms with E-state index in [0.717, 1.165) is 17.1 Å². The molecule has 2 aromatic rings. The van der Waals surface area contributed by atoms with E-state index in [2.05, 4.69) is 10.3 Å². The van der Waals surface area contributed by atoms with Crippen LogP contribution in [-0.4, -0.2) is 10.1 Å². The lowest BCUT2D eigenvalue weighted by Crippen LogP contribution is -1.96. The molecule has 0 aliphatic carbocycles. The zero-order valence-corrected chi connectivity index (χ0v) is 9.09. The van der Waals surface area contributed by atoms with Gasteiger partial charge >= 0.3 is 0 Å². The van der Waals surface area contributed by atoms with E-state index < -0.39 is 6.10 Å². The Kier molecular flexibility index (Phi) is 3.17. The van der Waals surface area contributed by atoms with Crippen LogP contribution in [0.25, 0.3) is 0 Å². The third kappa shape index (κ3) is 2.58. The minimum absolute atomic E-state index is 0.474. The lowest BCUT2D eigenvalue weighted by atomic mass is 10.2. The van der Waals surface area contributed by atoms with Gasteiger partial charge in [0.25, 0.3) is 0 Å². The Morgan fingerprint density at radius 3 is 2.44 bits per heavy atom. The van der Waals surface area contributed by atoms with E-state index in [1.807, 2.05) is 42.5 Å². The number of nitrogens with zero attached hydrogens (tertiary/aromatic N) is 1. The lowest BCUT2D eigenvalue weighted by Gasteiger charge is -2.07. The molecule has 0 aliphatic heterocycles. The molecule has 16 heavy (non-hydrogen) atoms. The van der Waals surface area contributed by atoms with Crippen molar-refractivity contribution >= 4 is 11.5 Å². The molecule has 0 saturated heterocycles. The van der Waals surface area contributed by atoms with Gasteiger partial charge in [-0.25, -0.2) is 4.98 Å². The molecular formula is C13H14N2O. The largest absolute Gasteiger partial charge is 0.389 e. The molecule has 1 aromatic carbocycles. The number of aliphatic hydroxyl groups excluding tert-OH is 1. The topological polar surface area (TPSA) is 45.1 Å². The number of pyridine rings is 1. The number of benzene rings is 1. The Morgan fingerprint density at radius 1 is 1.12 bits per heavy atom. The van der Waals surface area contributed by atoms with Gasteiger partial charge in [-0.3, -0.25) is 0 Å². The summed E-state index contributed by atoms with van der Waals surface area (Å²) in [7, 11) is 0. The second-order valence-corrected chi connectivity index (χ2v) is 3.64. The molecular weight excluding hydrogens is 200 g/mol. The molecule has 2 rings (SSSR count). The Hall–Kier alpha value is -1.87. The van der Waals surface area contributed by atoms with Gasteiger partial charge in [0, 0.05) is 11.9 Å². The van der Waals surface area contributed by atoms with Crippen molar-refractivity contribution in [3.63, 3.8) is 0 Å². The average Bonchev–Trinajstić information content (AvgIpc) is 2.31. The SMILES string of the molecule is C[C@@H](O)c1ccc(Nc2ccccc2)nc1. The van der Waals surface area contributed by atoms with Crippen LogP contribution >= 0.6 is 0 Å². The van der Waals surface area contributed by atoms with Crippen LogP contribution < -0.4 is 5.32 Å². The van der Waals surface area contributed by atoms with Gasteiger partial charge in [0.2, 0.25) is 0 Å². The van der Waals surface area contributed by atoms with Gasteiger partial charge in [-0.15, -0.1) is 0 Å². The monoisotopic (exact) mass is 214 g/mol. The number of aliphatic hydroxyl groups is 1. The fraction of sp³-hybridized carbons (Fsp3) is 0.154. The Morgan fingerprint density at radius 2 is 1.88 bits per heavy atom. The van der Waals surface area contributed by atoms with Crippen LogP contribution in [0, 0.1) is 0 Å². The van der Waals surface area contributed by atoms with Crippen molar-refractivity contribution in [2.45, 2.75) is 13.0 Å². The molecule has 1 aromatic heterocycles. The van der Waals surface area contributed by atoms with E-state index in [1.54, 1.807) is 13.1 Å². The van der Waals surface area contributed by atoms with Crippen molar-refractivity contribution in [3.8, 4) is 0 Å². The summed E-state index contributed by atoms with van der Waals surface area (Å²) in [5.41, 5.74) is 1.82. The first kappa shape index (κ1) is 10.6. The summed E-state index contributed by atoms with van der Waals surface area (Å²) in [6.07, 6.45) is 1.20. The molecule has 0 saturated carbocycles. The second-order valence-electron chi connectivity index (χ2n) is 3.64. The van der Waals surface area contributed by atoms with E-state index in [9.17, 15) is 5.11 Å². The van der Waals surface area contributed by atoms with Gasteiger partial charge in [0.15, 0.2) is 0 Å². The first-order chi connectivity index (χ1) is 7.75. The van der Waals surface area contributed by atoms with E-state index in [1.165, 1.54) is 0 Å². The van der Waals surface area contributed by atoms with Crippen molar-refractivity contribution in [1.82, 2.24) is 4.98 Å². The highest BCUT2D eigenvalue weighted by Gasteiger charge is 2.01. The fourth-order valence-corrected chi connectivity index (χ4v) is 1.40. The van der Waals surface area contributed by atoms with Crippen molar-refractivity contribution in [2.75, 3.05) is 5.32 Å². The average molecular weight is 214 g/mol. The molecule has 2 N–H and O–H groups in total. The molecule has 0 fully saturated rings. The first-order valence-corrected chi connectivity index (χ1v) is 5.22. The zero-order valence-electron chi connectivity index (χ0n) is 9.09. The number of hydrogen-bond donors (Lipinski definition) is 2. The minimum atomic E-state index is -0.474. The summed E-state index contributed by atoms with van der Waals surface area (Å²) in [5.74, 6) is 0.774. The third-order valence-electron chi connectivity index (χ3n) is 2.31. The first-order valence-electron chi connectivity index (χ1n) is 5.22. The molecule has 3 heteroatoms. The highest BCUT2D eigenvalue weighted by molar-refractivity contribution is 5.55. The molecule has 0 aliphatic rings. The fourth-order valence-electron chi connectivity index (χ4n) is 1.40. The van der Waals surface area contributed by atoms with Crippen LogP contribution in [0.2, 0.25) is 0 Å². The van der Waals surface area contributed by atoms with E-state index in [-0.39, 0.29) is 0 Å². The number of rotatable bonds is 3. The zero-order chi connectivity index (χ0) is 11.4. The van der Waals surface area contributed by atoms with Crippen molar-refractivity contribution < 1.29 is 5.11 Å². The minimum Gasteiger partial charge on any atom is -0.389 e. The van der Waals surface area contributed by atoms with Crippen molar-refractivity contribution in [3.05, 3.63) is 54.2 Å². The van der Waals surface area contributed by atoms with Crippen LogP contribution in [-0.2, 0) is 0 Å². The van der Waals surface area contributed by atoms with Crippen LogP contribution in [0.1, 0.15) is 18.6 Å². The van der Waals surface area contributed by atoms with Crippen LogP contribution in [0.4, 0.5) is 11.5 Å². The van der Waals surface area contributed by atoms with Gasteiger partial charge in [0.05, 0.1) is 6.10 Å². The molecule has 0 bridgehead atoms. The molecule has 0 amide bonds. The third-order valence-corrected chi connectivity index (χ3v) is 2.31. The van der Waals surface area contributed by atoms with E-state index in [0.29, 0.717) is 0 Å². The highest BCUT2D eigenvalue weighted by Crippen LogP contribution is 2.16. The maximum absolute atomic E-state index is 9.34. The van der Waals surface area contributed by atoms with Crippen LogP contribution in [0.15, 0.2) is 48.7 Å². The summed E-state index contributed by atoms with van der Waals surface area (Å²) in [5, 5.41) is 12.5. The molecule has 1 heterocycles.